The summed E-state index contributed by atoms with van der Waals surface area (Å²) in [7, 11) is 0. The van der Waals surface area contributed by atoms with Gasteiger partial charge in [-0.25, -0.2) is 0 Å². The zero-order valence-corrected chi connectivity index (χ0v) is 14.7. The van der Waals surface area contributed by atoms with Gasteiger partial charge < -0.3 is 10.6 Å². The number of carbonyl (C=O) groups excluding carboxylic acids is 1. The van der Waals surface area contributed by atoms with Crippen molar-refractivity contribution in [3.8, 4) is 0 Å². The highest BCUT2D eigenvalue weighted by Crippen LogP contribution is 2.27. The smallest absolute Gasteiger partial charge is 0.255 e. The van der Waals surface area contributed by atoms with Crippen LogP contribution in [0.15, 0.2) is 22.7 Å². The minimum Gasteiger partial charge on any atom is -0.336 e. The highest BCUT2D eigenvalue weighted by atomic mass is 79.9. The normalized spacial score (nSPS) is 22.1. The molecule has 21 heavy (non-hydrogen) atoms. The molecule has 0 atom stereocenters. The summed E-state index contributed by atoms with van der Waals surface area (Å²) >= 11 is 9.41. The number of hydrogen-bond acceptors (Lipinski definition) is 2. The van der Waals surface area contributed by atoms with E-state index in [1.54, 1.807) is 18.2 Å². The number of nitrogens with zero attached hydrogens (tertiary/aromatic N) is 1. The molecule has 1 saturated carbocycles. The Balaban J connectivity index is 2.18. The summed E-state index contributed by atoms with van der Waals surface area (Å²) in [4.78, 5) is 14.9. The van der Waals surface area contributed by atoms with E-state index in [2.05, 4.69) is 22.9 Å². The summed E-state index contributed by atoms with van der Waals surface area (Å²) in [6.07, 6.45) is 4.95. The van der Waals surface area contributed by atoms with Crippen LogP contribution in [0.25, 0.3) is 0 Å². The van der Waals surface area contributed by atoms with Gasteiger partial charge in [0.25, 0.3) is 5.91 Å². The van der Waals surface area contributed by atoms with Crippen LogP contribution in [0.1, 0.15) is 49.4 Å². The average molecular weight is 374 g/mol. The maximum atomic E-state index is 12.9. The first-order chi connectivity index (χ1) is 10.0. The number of rotatable bonds is 4. The Morgan fingerprint density at radius 2 is 2.05 bits per heavy atom. The summed E-state index contributed by atoms with van der Waals surface area (Å²) in [6.45, 7) is 2.89. The lowest BCUT2D eigenvalue weighted by molar-refractivity contribution is 0.0626. The summed E-state index contributed by atoms with van der Waals surface area (Å²) in [5.41, 5.74) is 6.66. The number of nitrogens with two attached hydrogens (primary N) is 1. The minimum absolute atomic E-state index is 0.0841. The molecule has 0 aliphatic heterocycles. The van der Waals surface area contributed by atoms with Crippen LogP contribution in [0.2, 0.25) is 5.02 Å². The molecule has 1 aliphatic carbocycles. The zero-order chi connectivity index (χ0) is 15.4. The maximum Gasteiger partial charge on any atom is 0.255 e. The first-order valence-corrected chi connectivity index (χ1v) is 8.71. The molecule has 0 saturated heterocycles. The molecular formula is C16H22BrClN2O. The van der Waals surface area contributed by atoms with Gasteiger partial charge in [0.05, 0.1) is 5.56 Å². The predicted octanol–water partition coefficient (Wildman–Crippen LogP) is 4.22. The van der Waals surface area contributed by atoms with Crippen LogP contribution in [-0.2, 0) is 0 Å². The first-order valence-electron chi connectivity index (χ1n) is 7.54. The molecule has 3 nitrogen and oxygen atoms in total. The second-order valence-corrected chi connectivity index (χ2v) is 6.98. The molecule has 116 valence electrons. The van der Waals surface area contributed by atoms with Crippen molar-refractivity contribution in [2.75, 3.05) is 6.54 Å². The molecule has 1 aromatic carbocycles. The number of benzene rings is 1. The molecule has 0 radical (unpaired) electrons. The van der Waals surface area contributed by atoms with Crippen molar-refractivity contribution >= 4 is 33.4 Å². The van der Waals surface area contributed by atoms with Gasteiger partial charge in [0.15, 0.2) is 0 Å². The van der Waals surface area contributed by atoms with E-state index in [0.29, 0.717) is 22.7 Å². The van der Waals surface area contributed by atoms with E-state index in [4.69, 9.17) is 17.3 Å². The number of amides is 1. The van der Waals surface area contributed by atoms with Gasteiger partial charge in [-0.05, 0) is 66.2 Å². The van der Waals surface area contributed by atoms with Crippen LogP contribution in [0.5, 0.6) is 0 Å². The fourth-order valence-electron chi connectivity index (χ4n) is 2.92. The molecule has 0 unspecified atom stereocenters. The van der Waals surface area contributed by atoms with E-state index < -0.39 is 0 Å². The van der Waals surface area contributed by atoms with E-state index in [-0.39, 0.29) is 5.91 Å². The van der Waals surface area contributed by atoms with Gasteiger partial charge in [-0.1, -0.05) is 18.5 Å². The predicted molar refractivity (Wildman–Crippen MR) is 90.7 cm³/mol. The van der Waals surface area contributed by atoms with E-state index in [0.717, 1.165) is 43.1 Å². The third kappa shape index (κ3) is 4.21. The molecule has 0 aromatic heterocycles. The van der Waals surface area contributed by atoms with Crippen molar-refractivity contribution in [2.45, 2.75) is 51.1 Å². The van der Waals surface area contributed by atoms with Crippen LogP contribution < -0.4 is 5.73 Å². The van der Waals surface area contributed by atoms with Crippen molar-refractivity contribution in [1.29, 1.82) is 0 Å². The van der Waals surface area contributed by atoms with Crippen LogP contribution in [-0.4, -0.2) is 29.4 Å². The van der Waals surface area contributed by atoms with Gasteiger partial charge in [0, 0.05) is 28.1 Å². The van der Waals surface area contributed by atoms with Gasteiger partial charge in [0.2, 0.25) is 0 Å². The number of hydrogen-bond donors (Lipinski definition) is 1. The SMILES string of the molecule is CCCN(C(=O)c1ccc(Cl)cc1Br)C1CCC(N)CC1. The van der Waals surface area contributed by atoms with Gasteiger partial charge in [-0.15, -0.1) is 0 Å². The highest BCUT2D eigenvalue weighted by molar-refractivity contribution is 9.10. The van der Waals surface area contributed by atoms with E-state index in [1.165, 1.54) is 0 Å². The lowest BCUT2D eigenvalue weighted by atomic mass is 9.90. The number of carbonyl (C=O) groups is 1. The molecule has 2 N–H and O–H groups in total. The highest BCUT2D eigenvalue weighted by Gasteiger charge is 2.28. The van der Waals surface area contributed by atoms with Crippen molar-refractivity contribution in [1.82, 2.24) is 4.90 Å². The van der Waals surface area contributed by atoms with Crippen LogP contribution in [0.4, 0.5) is 0 Å². The monoisotopic (exact) mass is 372 g/mol. The topological polar surface area (TPSA) is 46.3 Å². The second kappa shape index (κ2) is 7.61. The van der Waals surface area contributed by atoms with E-state index in [9.17, 15) is 4.79 Å². The molecule has 1 fully saturated rings. The standard InChI is InChI=1S/C16H22BrClN2O/c1-2-9-20(13-6-4-12(19)5-7-13)16(21)14-8-3-11(18)10-15(14)17/h3,8,10,12-13H,2,4-7,9,19H2,1H3. The third-order valence-corrected chi connectivity index (χ3v) is 4.96. The Morgan fingerprint density at radius 1 is 1.38 bits per heavy atom. The fraction of sp³-hybridized carbons (Fsp3) is 0.562. The molecule has 0 spiro atoms. The van der Waals surface area contributed by atoms with Crippen molar-refractivity contribution in [2.24, 2.45) is 5.73 Å². The van der Waals surface area contributed by atoms with E-state index >= 15 is 0 Å². The van der Waals surface area contributed by atoms with Crippen LogP contribution in [0.3, 0.4) is 0 Å². The molecule has 1 amide bonds. The summed E-state index contributed by atoms with van der Waals surface area (Å²) in [5.74, 6) is 0.0841. The molecule has 0 bridgehead atoms. The lowest BCUT2D eigenvalue weighted by Crippen LogP contribution is -2.44. The Hall–Kier alpha value is -0.580. The number of halogens is 2. The quantitative estimate of drug-likeness (QED) is 0.858. The first kappa shape index (κ1) is 16.8. The van der Waals surface area contributed by atoms with E-state index in [1.807, 2.05) is 4.90 Å². The zero-order valence-electron chi connectivity index (χ0n) is 12.3. The van der Waals surface area contributed by atoms with Gasteiger partial charge in [-0.2, -0.15) is 0 Å². The van der Waals surface area contributed by atoms with Gasteiger partial charge in [-0.3, -0.25) is 4.79 Å². The second-order valence-electron chi connectivity index (χ2n) is 5.69. The Kier molecular flexibility index (Phi) is 6.08. The average Bonchev–Trinajstić information content (AvgIpc) is 2.45. The molecule has 1 aliphatic rings. The van der Waals surface area contributed by atoms with Crippen molar-refractivity contribution in [3.63, 3.8) is 0 Å². The Morgan fingerprint density at radius 3 is 2.62 bits per heavy atom. The molecule has 2 rings (SSSR count). The van der Waals surface area contributed by atoms with Crippen molar-refractivity contribution in [3.05, 3.63) is 33.3 Å². The summed E-state index contributed by atoms with van der Waals surface area (Å²) in [6, 6.07) is 5.93. The van der Waals surface area contributed by atoms with Crippen LogP contribution >= 0.6 is 27.5 Å². The largest absolute Gasteiger partial charge is 0.336 e. The Bertz CT molecular complexity index is 501. The Labute approximate surface area is 140 Å². The fourth-order valence-corrected chi connectivity index (χ4v) is 3.77. The summed E-state index contributed by atoms with van der Waals surface area (Å²) < 4.78 is 0.758. The molecular weight excluding hydrogens is 352 g/mol. The van der Waals surface area contributed by atoms with Crippen molar-refractivity contribution < 1.29 is 4.79 Å². The lowest BCUT2D eigenvalue weighted by Gasteiger charge is -2.36. The van der Waals surface area contributed by atoms with Gasteiger partial charge in [0.1, 0.15) is 0 Å². The van der Waals surface area contributed by atoms with Crippen LogP contribution in [0, 0.1) is 0 Å². The molecule has 5 heteroatoms. The summed E-state index contributed by atoms with van der Waals surface area (Å²) in [5, 5.41) is 0.629. The minimum atomic E-state index is 0.0841. The molecule has 1 aromatic rings. The third-order valence-electron chi connectivity index (χ3n) is 4.07. The van der Waals surface area contributed by atoms with Gasteiger partial charge >= 0.3 is 0 Å². The maximum absolute atomic E-state index is 12.9. The molecule has 0 heterocycles.